The van der Waals surface area contributed by atoms with Crippen molar-refractivity contribution in [2.75, 3.05) is 0 Å². The maximum atomic E-state index is 10.5. The van der Waals surface area contributed by atoms with Crippen molar-refractivity contribution >= 4 is 18.0 Å². The summed E-state index contributed by atoms with van der Waals surface area (Å²) in [7, 11) is 0. The lowest BCUT2D eigenvalue weighted by Crippen LogP contribution is -2.17. The molecule has 0 aromatic heterocycles. The summed E-state index contributed by atoms with van der Waals surface area (Å²) in [5.41, 5.74) is 0. The van der Waals surface area contributed by atoms with E-state index >= 15 is 0 Å². The summed E-state index contributed by atoms with van der Waals surface area (Å²) >= 11 is 1.78. The first-order valence-electron chi connectivity index (χ1n) is 4.09. The van der Waals surface area contributed by atoms with E-state index in [0.29, 0.717) is 0 Å². The van der Waals surface area contributed by atoms with Gasteiger partial charge in [0, 0.05) is 4.75 Å². The van der Waals surface area contributed by atoms with Crippen LogP contribution in [0.3, 0.4) is 0 Å². The van der Waals surface area contributed by atoms with Crippen LogP contribution in [0.5, 0.6) is 0 Å². The second-order valence-corrected chi connectivity index (χ2v) is 4.44. The van der Waals surface area contributed by atoms with Crippen LogP contribution in [0, 0.1) is 0 Å². The molecule has 1 atom stereocenters. The maximum Gasteiger partial charge on any atom is 0.136 e. The summed E-state index contributed by atoms with van der Waals surface area (Å²) in [4.78, 5) is 10.5. The Kier molecular flexibility index (Phi) is 2.77. The second-order valence-electron chi connectivity index (χ2n) is 2.85. The Balaban J connectivity index is 2.64. The average molecular weight is 170 g/mol. The van der Waals surface area contributed by atoms with Gasteiger partial charge in [-0.2, -0.15) is 0 Å². The zero-order valence-electron chi connectivity index (χ0n) is 7.04. The molecule has 0 aromatic rings. The fraction of sp³-hybridized carbons (Fsp3) is 0.667. The molecular weight excluding hydrogens is 156 g/mol. The van der Waals surface area contributed by atoms with E-state index in [2.05, 4.69) is 19.9 Å². The molecule has 1 nitrogen and oxygen atoms in total. The Morgan fingerprint density at radius 1 is 1.55 bits per heavy atom. The lowest BCUT2D eigenvalue weighted by atomic mass is 10.0. The maximum absolute atomic E-state index is 10.5. The van der Waals surface area contributed by atoms with Gasteiger partial charge in [0.1, 0.15) is 6.29 Å². The molecule has 0 saturated heterocycles. The van der Waals surface area contributed by atoms with E-state index in [1.54, 1.807) is 11.8 Å². The first-order valence-corrected chi connectivity index (χ1v) is 4.97. The fourth-order valence-corrected chi connectivity index (χ4v) is 2.59. The molecule has 0 aliphatic carbocycles. The van der Waals surface area contributed by atoms with Crippen LogP contribution in [0.1, 0.15) is 26.7 Å². The third-order valence-electron chi connectivity index (χ3n) is 2.29. The Morgan fingerprint density at radius 3 is 2.45 bits per heavy atom. The van der Waals surface area contributed by atoms with E-state index in [1.165, 1.54) is 0 Å². The summed E-state index contributed by atoms with van der Waals surface area (Å²) in [6.07, 6.45) is 7.47. The summed E-state index contributed by atoms with van der Waals surface area (Å²) in [6.45, 7) is 4.35. The van der Waals surface area contributed by atoms with E-state index in [4.69, 9.17) is 0 Å². The van der Waals surface area contributed by atoms with Gasteiger partial charge in [-0.1, -0.05) is 26.0 Å². The Morgan fingerprint density at radius 2 is 2.18 bits per heavy atom. The monoisotopic (exact) mass is 170 g/mol. The van der Waals surface area contributed by atoms with E-state index in [-0.39, 0.29) is 10.00 Å². The molecule has 1 unspecified atom stereocenters. The zero-order chi connectivity index (χ0) is 8.32. The summed E-state index contributed by atoms with van der Waals surface area (Å²) in [5.74, 6) is 0. The summed E-state index contributed by atoms with van der Waals surface area (Å²) in [5, 5.41) is 0.106. The zero-order valence-corrected chi connectivity index (χ0v) is 7.86. The fourth-order valence-electron chi connectivity index (χ4n) is 1.35. The number of hydrogen-bond acceptors (Lipinski definition) is 2. The molecule has 1 rings (SSSR count). The van der Waals surface area contributed by atoms with Gasteiger partial charge < -0.3 is 4.79 Å². The van der Waals surface area contributed by atoms with E-state index in [0.717, 1.165) is 19.1 Å². The van der Waals surface area contributed by atoms with Gasteiger partial charge in [0.2, 0.25) is 0 Å². The molecule has 0 fully saturated rings. The number of rotatable bonds is 3. The van der Waals surface area contributed by atoms with Crippen molar-refractivity contribution in [3.05, 3.63) is 12.2 Å². The summed E-state index contributed by atoms with van der Waals surface area (Å²) in [6, 6.07) is 0. The number of thioether (sulfide) groups is 1. The average Bonchev–Trinajstić information content (AvgIpc) is 2.49. The molecule has 2 heteroatoms. The van der Waals surface area contributed by atoms with E-state index in [9.17, 15) is 4.79 Å². The Bertz CT molecular complexity index is 170. The van der Waals surface area contributed by atoms with Crippen molar-refractivity contribution in [2.45, 2.75) is 36.7 Å². The van der Waals surface area contributed by atoms with Crippen LogP contribution in [0.4, 0.5) is 0 Å². The molecule has 62 valence electrons. The van der Waals surface area contributed by atoms with Gasteiger partial charge in [-0.05, 0) is 12.8 Å². The third-order valence-corrected chi connectivity index (χ3v) is 4.01. The molecule has 0 amide bonds. The van der Waals surface area contributed by atoms with Crippen molar-refractivity contribution in [1.29, 1.82) is 0 Å². The highest BCUT2D eigenvalue weighted by molar-refractivity contribution is 8.02. The second kappa shape index (κ2) is 3.44. The highest BCUT2D eigenvalue weighted by Gasteiger charge is 2.31. The van der Waals surface area contributed by atoms with Crippen LogP contribution in [0.2, 0.25) is 0 Å². The highest BCUT2D eigenvalue weighted by Crippen LogP contribution is 2.41. The normalized spacial score (nSPS) is 27.3. The van der Waals surface area contributed by atoms with E-state index < -0.39 is 0 Å². The first-order chi connectivity index (χ1) is 5.26. The van der Waals surface area contributed by atoms with E-state index in [1.807, 2.05) is 6.08 Å². The van der Waals surface area contributed by atoms with Gasteiger partial charge >= 0.3 is 0 Å². The number of hydrogen-bond donors (Lipinski definition) is 0. The predicted molar refractivity (Wildman–Crippen MR) is 49.9 cm³/mol. The highest BCUT2D eigenvalue weighted by atomic mass is 32.2. The number of carbonyl (C=O) groups excluding carboxylic acids is 1. The Hall–Kier alpha value is -0.240. The quantitative estimate of drug-likeness (QED) is 0.478. The SMILES string of the molecule is CCC1(CC)C=CC(C=O)S1. The molecule has 1 aliphatic rings. The van der Waals surface area contributed by atoms with Gasteiger partial charge in [-0.3, -0.25) is 0 Å². The number of aldehydes is 1. The van der Waals surface area contributed by atoms with Crippen LogP contribution in [0.15, 0.2) is 12.2 Å². The minimum absolute atomic E-state index is 0.106. The van der Waals surface area contributed by atoms with Crippen molar-refractivity contribution in [3.8, 4) is 0 Å². The standard InChI is InChI=1S/C9H14OS/c1-3-9(4-2)6-5-8(7-10)11-9/h5-8H,3-4H2,1-2H3. The smallest absolute Gasteiger partial charge is 0.136 e. The molecular formula is C9H14OS. The molecule has 11 heavy (non-hydrogen) atoms. The summed E-state index contributed by atoms with van der Waals surface area (Å²) < 4.78 is 0.256. The minimum atomic E-state index is 0.106. The van der Waals surface area contributed by atoms with Gasteiger partial charge in [-0.15, -0.1) is 11.8 Å². The van der Waals surface area contributed by atoms with Gasteiger partial charge in [0.25, 0.3) is 0 Å². The molecule has 0 aromatic carbocycles. The lowest BCUT2D eigenvalue weighted by molar-refractivity contribution is -0.106. The predicted octanol–water partition coefficient (Wildman–Crippen LogP) is 2.42. The van der Waals surface area contributed by atoms with Crippen molar-refractivity contribution < 1.29 is 4.79 Å². The van der Waals surface area contributed by atoms with Crippen molar-refractivity contribution in [1.82, 2.24) is 0 Å². The van der Waals surface area contributed by atoms with Gasteiger partial charge in [0.05, 0.1) is 5.25 Å². The molecule has 0 saturated carbocycles. The Labute approximate surface area is 72.2 Å². The molecule has 1 aliphatic heterocycles. The van der Waals surface area contributed by atoms with Crippen LogP contribution >= 0.6 is 11.8 Å². The minimum Gasteiger partial charge on any atom is -0.302 e. The molecule has 0 N–H and O–H groups in total. The van der Waals surface area contributed by atoms with Crippen LogP contribution in [-0.4, -0.2) is 16.3 Å². The molecule has 0 bridgehead atoms. The van der Waals surface area contributed by atoms with Crippen molar-refractivity contribution in [2.24, 2.45) is 0 Å². The van der Waals surface area contributed by atoms with Crippen LogP contribution in [0.25, 0.3) is 0 Å². The topological polar surface area (TPSA) is 17.1 Å². The third kappa shape index (κ3) is 1.67. The lowest BCUT2D eigenvalue weighted by Gasteiger charge is -2.23. The van der Waals surface area contributed by atoms with Gasteiger partial charge in [-0.25, -0.2) is 0 Å². The molecule has 0 spiro atoms. The molecule has 0 radical (unpaired) electrons. The van der Waals surface area contributed by atoms with Crippen LogP contribution < -0.4 is 0 Å². The number of carbonyl (C=O) groups is 1. The van der Waals surface area contributed by atoms with Crippen molar-refractivity contribution in [3.63, 3.8) is 0 Å². The molecule has 1 heterocycles. The largest absolute Gasteiger partial charge is 0.302 e. The van der Waals surface area contributed by atoms with Crippen LogP contribution in [-0.2, 0) is 4.79 Å². The first kappa shape index (κ1) is 8.85. The van der Waals surface area contributed by atoms with Gasteiger partial charge in [0.15, 0.2) is 0 Å².